The molecule has 4 heteroatoms. The van der Waals surface area contributed by atoms with E-state index in [2.05, 4.69) is 6.92 Å². The van der Waals surface area contributed by atoms with Crippen LogP contribution in [-0.4, -0.2) is 46.3 Å². The number of rotatable bonds is 5. The van der Waals surface area contributed by atoms with E-state index in [-0.39, 0.29) is 24.9 Å². The van der Waals surface area contributed by atoms with E-state index in [0.717, 1.165) is 25.7 Å². The predicted octanol–water partition coefficient (Wildman–Crippen LogP) is 0.767. The lowest BCUT2D eigenvalue weighted by Crippen LogP contribution is -2.35. The minimum atomic E-state index is -0.771. The lowest BCUT2D eigenvalue weighted by molar-refractivity contribution is -0.135. The summed E-state index contributed by atoms with van der Waals surface area (Å²) in [6.45, 7) is 4.69. The summed E-state index contributed by atoms with van der Waals surface area (Å²) >= 11 is 0. The van der Waals surface area contributed by atoms with Crippen molar-refractivity contribution in [1.29, 1.82) is 0 Å². The minimum Gasteiger partial charge on any atom is -0.388 e. The van der Waals surface area contributed by atoms with E-state index in [1.165, 1.54) is 0 Å². The van der Waals surface area contributed by atoms with Crippen molar-refractivity contribution in [3.05, 3.63) is 0 Å². The maximum Gasteiger partial charge on any atom is 0.225 e. The maximum atomic E-state index is 12.1. The molecule has 1 heterocycles. The molecule has 0 aromatic carbocycles. The molecule has 1 rings (SSSR count). The second kappa shape index (κ2) is 6.21. The van der Waals surface area contributed by atoms with Crippen molar-refractivity contribution in [3.63, 3.8) is 0 Å². The van der Waals surface area contributed by atoms with Crippen LogP contribution in [0.1, 0.15) is 39.5 Å². The molecular weight excluding hydrogens is 206 g/mol. The molecule has 94 valence electrons. The summed E-state index contributed by atoms with van der Waals surface area (Å²) in [7, 11) is 0. The van der Waals surface area contributed by atoms with E-state index in [9.17, 15) is 15.0 Å². The smallest absolute Gasteiger partial charge is 0.225 e. The molecular formula is C12H23NO3. The highest BCUT2D eigenvalue weighted by Crippen LogP contribution is 2.19. The van der Waals surface area contributed by atoms with Crippen LogP contribution in [0, 0.1) is 5.92 Å². The standard InChI is InChI=1S/C12H23NO3/c1-3-5-6-9(4-2)12(16)13-7-10(14)11(15)8-13/h9-11,14-15H,3-8H2,1-2H3. The molecule has 0 spiro atoms. The Morgan fingerprint density at radius 3 is 2.31 bits per heavy atom. The molecule has 1 aliphatic rings. The monoisotopic (exact) mass is 229 g/mol. The van der Waals surface area contributed by atoms with Gasteiger partial charge in [0.2, 0.25) is 5.91 Å². The Balaban J connectivity index is 2.48. The fourth-order valence-corrected chi connectivity index (χ4v) is 2.16. The minimum absolute atomic E-state index is 0.0532. The molecule has 0 aromatic rings. The summed E-state index contributed by atoms with van der Waals surface area (Å²) in [5, 5.41) is 18.8. The summed E-state index contributed by atoms with van der Waals surface area (Å²) in [6, 6.07) is 0. The number of β-amino-alcohol motifs (C(OH)–C–C–N with tert-alkyl or cyclic N) is 2. The molecule has 0 aromatic heterocycles. The molecule has 1 amide bonds. The average molecular weight is 229 g/mol. The molecule has 16 heavy (non-hydrogen) atoms. The van der Waals surface area contributed by atoms with E-state index < -0.39 is 12.2 Å². The van der Waals surface area contributed by atoms with Gasteiger partial charge in [0, 0.05) is 19.0 Å². The number of amides is 1. The van der Waals surface area contributed by atoms with Gasteiger partial charge < -0.3 is 15.1 Å². The second-order valence-corrected chi connectivity index (χ2v) is 4.63. The van der Waals surface area contributed by atoms with Crippen molar-refractivity contribution in [2.24, 2.45) is 5.92 Å². The van der Waals surface area contributed by atoms with Crippen LogP contribution < -0.4 is 0 Å². The lowest BCUT2D eigenvalue weighted by atomic mass is 9.98. The largest absolute Gasteiger partial charge is 0.388 e. The van der Waals surface area contributed by atoms with E-state index in [0.29, 0.717) is 0 Å². The SMILES string of the molecule is CCCCC(CC)C(=O)N1CC(O)C(O)C1. The molecule has 0 aliphatic carbocycles. The highest BCUT2D eigenvalue weighted by atomic mass is 16.3. The molecule has 2 N–H and O–H groups in total. The van der Waals surface area contributed by atoms with Gasteiger partial charge in [-0.2, -0.15) is 0 Å². The van der Waals surface area contributed by atoms with Crippen LogP contribution in [0.4, 0.5) is 0 Å². The third kappa shape index (κ3) is 3.19. The Morgan fingerprint density at radius 2 is 1.88 bits per heavy atom. The fraction of sp³-hybridized carbons (Fsp3) is 0.917. The highest BCUT2D eigenvalue weighted by Gasteiger charge is 2.34. The molecule has 0 radical (unpaired) electrons. The number of nitrogens with zero attached hydrogens (tertiary/aromatic N) is 1. The molecule has 0 saturated carbocycles. The van der Waals surface area contributed by atoms with Crippen molar-refractivity contribution in [2.75, 3.05) is 13.1 Å². The number of carbonyl (C=O) groups excluding carboxylic acids is 1. The third-order valence-electron chi connectivity index (χ3n) is 3.32. The van der Waals surface area contributed by atoms with Gasteiger partial charge in [0.25, 0.3) is 0 Å². The van der Waals surface area contributed by atoms with E-state index in [1.54, 1.807) is 4.90 Å². The molecule has 1 fully saturated rings. The number of unbranched alkanes of at least 4 members (excludes halogenated alkanes) is 1. The average Bonchev–Trinajstić information content (AvgIpc) is 2.60. The molecule has 1 aliphatic heterocycles. The van der Waals surface area contributed by atoms with Crippen LogP contribution in [0.25, 0.3) is 0 Å². The Morgan fingerprint density at radius 1 is 1.31 bits per heavy atom. The van der Waals surface area contributed by atoms with Gasteiger partial charge in [0.05, 0.1) is 12.2 Å². The number of likely N-dealkylation sites (tertiary alicyclic amines) is 1. The summed E-state index contributed by atoms with van der Waals surface area (Å²) in [5.41, 5.74) is 0. The number of aliphatic hydroxyl groups is 2. The molecule has 4 nitrogen and oxygen atoms in total. The Bertz CT molecular complexity index is 222. The Labute approximate surface area is 97.3 Å². The Hall–Kier alpha value is -0.610. The second-order valence-electron chi connectivity index (χ2n) is 4.63. The van der Waals surface area contributed by atoms with Crippen molar-refractivity contribution in [1.82, 2.24) is 4.90 Å². The van der Waals surface area contributed by atoms with Gasteiger partial charge in [0.15, 0.2) is 0 Å². The number of aliphatic hydroxyl groups excluding tert-OH is 2. The van der Waals surface area contributed by atoms with E-state index in [1.807, 2.05) is 6.92 Å². The predicted molar refractivity (Wildman–Crippen MR) is 61.9 cm³/mol. The first kappa shape index (κ1) is 13.5. The number of hydrogen-bond acceptors (Lipinski definition) is 3. The summed E-state index contributed by atoms with van der Waals surface area (Å²) in [6.07, 6.45) is 2.36. The van der Waals surface area contributed by atoms with Crippen LogP contribution in [0.5, 0.6) is 0 Å². The normalized spacial score (nSPS) is 27.1. The van der Waals surface area contributed by atoms with Crippen molar-refractivity contribution >= 4 is 5.91 Å². The third-order valence-corrected chi connectivity index (χ3v) is 3.32. The first-order chi connectivity index (χ1) is 7.60. The zero-order chi connectivity index (χ0) is 12.1. The van der Waals surface area contributed by atoms with Crippen LogP contribution >= 0.6 is 0 Å². The van der Waals surface area contributed by atoms with Gasteiger partial charge >= 0.3 is 0 Å². The van der Waals surface area contributed by atoms with Gasteiger partial charge in [-0.1, -0.05) is 26.7 Å². The zero-order valence-electron chi connectivity index (χ0n) is 10.2. The number of carbonyl (C=O) groups is 1. The zero-order valence-corrected chi connectivity index (χ0v) is 10.2. The Kier molecular flexibility index (Phi) is 5.22. The van der Waals surface area contributed by atoms with Crippen LogP contribution in [0.15, 0.2) is 0 Å². The number of hydrogen-bond donors (Lipinski definition) is 2. The highest BCUT2D eigenvalue weighted by molar-refractivity contribution is 5.79. The molecule has 3 unspecified atom stereocenters. The van der Waals surface area contributed by atoms with Gasteiger partial charge in [-0.15, -0.1) is 0 Å². The quantitative estimate of drug-likeness (QED) is 0.732. The van der Waals surface area contributed by atoms with Gasteiger partial charge in [-0.25, -0.2) is 0 Å². The van der Waals surface area contributed by atoms with Crippen molar-refractivity contribution in [2.45, 2.75) is 51.7 Å². The summed E-state index contributed by atoms with van der Waals surface area (Å²) < 4.78 is 0. The van der Waals surface area contributed by atoms with Gasteiger partial charge in [-0.05, 0) is 12.8 Å². The molecule has 1 saturated heterocycles. The first-order valence-electron chi connectivity index (χ1n) is 6.25. The van der Waals surface area contributed by atoms with E-state index >= 15 is 0 Å². The topological polar surface area (TPSA) is 60.8 Å². The van der Waals surface area contributed by atoms with E-state index in [4.69, 9.17) is 0 Å². The van der Waals surface area contributed by atoms with Crippen LogP contribution in [0.2, 0.25) is 0 Å². The maximum absolute atomic E-state index is 12.1. The van der Waals surface area contributed by atoms with Crippen molar-refractivity contribution < 1.29 is 15.0 Å². The summed E-state index contributed by atoms with van der Waals surface area (Å²) in [5.74, 6) is 0.143. The van der Waals surface area contributed by atoms with Crippen molar-refractivity contribution in [3.8, 4) is 0 Å². The molecule has 3 atom stereocenters. The molecule has 0 bridgehead atoms. The summed E-state index contributed by atoms with van der Waals surface area (Å²) in [4.78, 5) is 13.7. The van der Waals surface area contributed by atoms with Crippen LogP contribution in [0.3, 0.4) is 0 Å². The first-order valence-corrected chi connectivity index (χ1v) is 6.25. The lowest BCUT2D eigenvalue weighted by Gasteiger charge is -2.22. The van der Waals surface area contributed by atoms with Gasteiger partial charge in [-0.3, -0.25) is 4.79 Å². The van der Waals surface area contributed by atoms with Crippen LogP contribution in [-0.2, 0) is 4.79 Å². The fourth-order valence-electron chi connectivity index (χ4n) is 2.16. The van der Waals surface area contributed by atoms with Gasteiger partial charge in [0.1, 0.15) is 0 Å².